The van der Waals surface area contributed by atoms with Crippen molar-refractivity contribution in [3.05, 3.63) is 64.3 Å². The predicted molar refractivity (Wildman–Crippen MR) is 74.2 cm³/mol. The summed E-state index contributed by atoms with van der Waals surface area (Å²) in [4.78, 5) is 32.4. The first-order valence-corrected chi connectivity index (χ1v) is 6.63. The van der Waals surface area contributed by atoms with E-state index in [1.165, 1.54) is 12.3 Å². The molecule has 1 aliphatic rings. The van der Waals surface area contributed by atoms with Crippen LogP contribution in [-0.4, -0.2) is 26.8 Å². The fraction of sp³-hybridized carbons (Fsp3) is 0.267. The standard InChI is InChI=1S/C15H15N3O2/c19-14-9-11(6-8-17-14)15(20)18(13-4-5-13)10-12-3-1-2-7-16-12/h1-3,6-9,13H,4-5,10H2,(H,17,19). The molecule has 1 aliphatic carbocycles. The van der Waals surface area contributed by atoms with Gasteiger partial charge in [-0.05, 0) is 31.0 Å². The zero-order valence-corrected chi connectivity index (χ0v) is 11.0. The fourth-order valence-corrected chi connectivity index (χ4v) is 2.16. The molecule has 2 heterocycles. The smallest absolute Gasteiger partial charge is 0.254 e. The van der Waals surface area contributed by atoms with Crippen LogP contribution in [0.1, 0.15) is 28.9 Å². The van der Waals surface area contributed by atoms with Gasteiger partial charge >= 0.3 is 0 Å². The first-order valence-electron chi connectivity index (χ1n) is 6.63. The van der Waals surface area contributed by atoms with Gasteiger partial charge in [0.25, 0.3) is 5.91 Å². The lowest BCUT2D eigenvalue weighted by atomic mass is 10.2. The quantitative estimate of drug-likeness (QED) is 0.916. The minimum atomic E-state index is -0.260. The third-order valence-corrected chi connectivity index (χ3v) is 3.33. The molecule has 0 aliphatic heterocycles. The second-order valence-electron chi connectivity index (χ2n) is 4.93. The summed E-state index contributed by atoms with van der Waals surface area (Å²) in [6.07, 6.45) is 5.25. The molecule has 0 unspecified atom stereocenters. The molecule has 1 fully saturated rings. The van der Waals surface area contributed by atoms with E-state index >= 15 is 0 Å². The number of amides is 1. The molecule has 5 nitrogen and oxygen atoms in total. The Morgan fingerprint density at radius 1 is 1.35 bits per heavy atom. The Kier molecular flexibility index (Phi) is 3.33. The van der Waals surface area contributed by atoms with Crippen molar-refractivity contribution in [2.75, 3.05) is 0 Å². The summed E-state index contributed by atoms with van der Waals surface area (Å²) in [6, 6.07) is 8.91. The second-order valence-corrected chi connectivity index (χ2v) is 4.93. The van der Waals surface area contributed by atoms with Gasteiger partial charge in [-0.3, -0.25) is 14.6 Å². The number of carbonyl (C=O) groups excluding carboxylic acids is 1. The minimum Gasteiger partial charge on any atom is -0.330 e. The number of nitrogens with one attached hydrogen (secondary N) is 1. The number of carbonyl (C=O) groups is 1. The molecule has 0 bridgehead atoms. The Balaban J connectivity index is 1.84. The average Bonchev–Trinajstić information content (AvgIpc) is 3.30. The molecular weight excluding hydrogens is 254 g/mol. The maximum absolute atomic E-state index is 12.5. The van der Waals surface area contributed by atoms with Crippen LogP contribution in [0.3, 0.4) is 0 Å². The number of H-pyrrole nitrogens is 1. The molecule has 3 rings (SSSR count). The van der Waals surface area contributed by atoms with E-state index in [1.807, 2.05) is 18.2 Å². The van der Waals surface area contributed by atoms with Gasteiger partial charge in [0, 0.05) is 30.1 Å². The lowest BCUT2D eigenvalue weighted by Gasteiger charge is -2.22. The third kappa shape index (κ3) is 2.77. The third-order valence-electron chi connectivity index (χ3n) is 3.33. The zero-order chi connectivity index (χ0) is 13.9. The van der Waals surface area contributed by atoms with Crippen molar-refractivity contribution < 1.29 is 4.79 Å². The van der Waals surface area contributed by atoms with Crippen LogP contribution < -0.4 is 5.56 Å². The number of nitrogens with zero attached hydrogens (tertiary/aromatic N) is 2. The Hall–Kier alpha value is -2.43. The van der Waals surface area contributed by atoms with E-state index in [1.54, 1.807) is 17.2 Å². The van der Waals surface area contributed by atoms with Gasteiger partial charge in [-0.2, -0.15) is 0 Å². The summed E-state index contributed by atoms with van der Waals surface area (Å²) >= 11 is 0. The first-order chi connectivity index (χ1) is 9.74. The van der Waals surface area contributed by atoms with Crippen LogP contribution in [-0.2, 0) is 6.54 Å². The monoisotopic (exact) mass is 269 g/mol. The van der Waals surface area contributed by atoms with Crippen LogP contribution in [0.15, 0.2) is 47.5 Å². The van der Waals surface area contributed by atoms with E-state index in [-0.39, 0.29) is 17.5 Å². The summed E-state index contributed by atoms with van der Waals surface area (Å²) in [5.41, 5.74) is 1.03. The van der Waals surface area contributed by atoms with Crippen LogP contribution in [0.25, 0.3) is 0 Å². The molecule has 1 saturated carbocycles. The summed E-state index contributed by atoms with van der Waals surface area (Å²) in [5.74, 6) is -0.107. The molecule has 1 N–H and O–H groups in total. The van der Waals surface area contributed by atoms with Crippen LogP contribution in [0.5, 0.6) is 0 Å². The molecule has 0 spiro atoms. The summed E-state index contributed by atoms with van der Waals surface area (Å²) in [5, 5.41) is 0. The van der Waals surface area contributed by atoms with Crippen LogP contribution in [0.4, 0.5) is 0 Å². The number of pyridine rings is 2. The highest BCUT2D eigenvalue weighted by atomic mass is 16.2. The van der Waals surface area contributed by atoms with E-state index in [9.17, 15) is 9.59 Å². The zero-order valence-electron chi connectivity index (χ0n) is 11.0. The van der Waals surface area contributed by atoms with Crippen molar-refractivity contribution in [2.45, 2.75) is 25.4 Å². The molecule has 1 amide bonds. The van der Waals surface area contributed by atoms with Crippen molar-refractivity contribution >= 4 is 5.91 Å². The van der Waals surface area contributed by atoms with Gasteiger partial charge in [-0.25, -0.2) is 0 Å². The van der Waals surface area contributed by atoms with E-state index in [4.69, 9.17) is 0 Å². The van der Waals surface area contributed by atoms with Crippen molar-refractivity contribution in [3.63, 3.8) is 0 Å². The van der Waals surface area contributed by atoms with Gasteiger partial charge in [-0.15, -0.1) is 0 Å². The van der Waals surface area contributed by atoms with Crippen LogP contribution >= 0.6 is 0 Å². The Bertz CT molecular complexity index is 662. The number of hydrogen-bond donors (Lipinski definition) is 1. The SMILES string of the molecule is O=C(c1cc[nH]c(=O)c1)N(Cc1ccccn1)C1CC1. The highest BCUT2D eigenvalue weighted by Crippen LogP contribution is 2.29. The van der Waals surface area contributed by atoms with Crippen LogP contribution in [0, 0.1) is 0 Å². The largest absolute Gasteiger partial charge is 0.330 e. The van der Waals surface area contributed by atoms with E-state index < -0.39 is 0 Å². The van der Waals surface area contributed by atoms with E-state index in [0.717, 1.165) is 18.5 Å². The van der Waals surface area contributed by atoms with Crippen molar-refractivity contribution in [1.29, 1.82) is 0 Å². The number of rotatable bonds is 4. The van der Waals surface area contributed by atoms with Gasteiger partial charge in [0.05, 0.1) is 12.2 Å². The van der Waals surface area contributed by atoms with Crippen molar-refractivity contribution in [1.82, 2.24) is 14.9 Å². The second kappa shape index (κ2) is 5.28. The van der Waals surface area contributed by atoms with Gasteiger partial charge in [0.1, 0.15) is 0 Å². The number of aromatic amines is 1. The van der Waals surface area contributed by atoms with Gasteiger partial charge in [-0.1, -0.05) is 6.07 Å². The molecule has 20 heavy (non-hydrogen) atoms. The average molecular weight is 269 g/mol. The Labute approximate surface area is 116 Å². The molecule has 102 valence electrons. The lowest BCUT2D eigenvalue weighted by molar-refractivity contribution is 0.0727. The number of hydrogen-bond acceptors (Lipinski definition) is 3. The lowest BCUT2D eigenvalue weighted by Crippen LogP contribution is -2.33. The maximum Gasteiger partial charge on any atom is 0.254 e. The molecule has 0 atom stereocenters. The molecule has 0 radical (unpaired) electrons. The number of aromatic nitrogens is 2. The van der Waals surface area contributed by atoms with Gasteiger partial charge < -0.3 is 9.88 Å². The highest BCUT2D eigenvalue weighted by Gasteiger charge is 2.33. The minimum absolute atomic E-state index is 0.107. The van der Waals surface area contributed by atoms with Crippen LogP contribution in [0.2, 0.25) is 0 Å². The molecule has 2 aromatic heterocycles. The summed E-state index contributed by atoms with van der Waals surface area (Å²) in [7, 11) is 0. The maximum atomic E-state index is 12.5. The van der Waals surface area contributed by atoms with Crippen molar-refractivity contribution in [3.8, 4) is 0 Å². The predicted octanol–water partition coefficient (Wildman–Crippen LogP) is 1.57. The molecular formula is C15H15N3O2. The van der Waals surface area contributed by atoms with Crippen molar-refractivity contribution in [2.24, 2.45) is 0 Å². The first kappa shape index (κ1) is 12.6. The van der Waals surface area contributed by atoms with E-state index in [0.29, 0.717) is 12.1 Å². The fourth-order valence-electron chi connectivity index (χ4n) is 2.16. The van der Waals surface area contributed by atoms with Gasteiger partial charge in [0.2, 0.25) is 5.56 Å². The Morgan fingerprint density at radius 3 is 2.85 bits per heavy atom. The highest BCUT2D eigenvalue weighted by molar-refractivity contribution is 5.94. The molecule has 5 heteroatoms. The summed E-state index contributed by atoms with van der Waals surface area (Å²) < 4.78 is 0. The Morgan fingerprint density at radius 2 is 2.20 bits per heavy atom. The molecule has 0 saturated heterocycles. The van der Waals surface area contributed by atoms with Gasteiger partial charge in [0.15, 0.2) is 0 Å². The summed E-state index contributed by atoms with van der Waals surface area (Å²) in [6.45, 7) is 0.483. The molecule has 0 aromatic carbocycles. The van der Waals surface area contributed by atoms with E-state index in [2.05, 4.69) is 9.97 Å². The normalized spacial score (nSPS) is 14.0. The molecule has 2 aromatic rings. The topological polar surface area (TPSA) is 66.1 Å².